The van der Waals surface area contributed by atoms with Gasteiger partial charge in [0.2, 0.25) is 0 Å². The second-order valence-corrected chi connectivity index (χ2v) is 7.13. The third kappa shape index (κ3) is 3.44. The standard InChI is InChI=1S/C21H19N3O3S/c1-13-12-28-21-23-19(11-24(13)21)14-5-4-6-16(7-14)22-20(25)15-8-17(26-2)10-18(9-15)27-3/h4-12H,1-3H3,(H,22,25). The van der Waals surface area contributed by atoms with Gasteiger partial charge in [0.05, 0.1) is 19.9 Å². The first-order valence-electron chi connectivity index (χ1n) is 8.65. The first-order valence-corrected chi connectivity index (χ1v) is 9.53. The van der Waals surface area contributed by atoms with Crippen molar-refractivity contribution >= 4 is 27.9 Å². The van der Waals surface area contributed by atoms with Gasteiger partial charge in [-0.25, -0.2) is 4.98 Å². The molecule has 4 rings (SSSR count). The molecule has 0 spiro atoms. The van der Waals surface area contributed by atoms with Gasteiger partial charge in [-0.05, 0) is 31.2 Å². The maximum atomic E-state index is 12.7. The van der Waals surface area contributed by atoms with Gasteiger partial charge in [0.15, 0.2) is 4.96 Å². The number of rotatable bonds is 5. The van der Waals surface area contributed by atoms with Crippen LogP contribution in [0.25, 0.3) is 16.2 Å². The molecule has 0 aliphatic heterocycles. The number of fused-ring (bicyclic) bond motifs is 1. The molecule has 0 radical (unpaired) electrons. The number of aromatic nitrogens is 2. The Morgan fingerprint density at radius 2 is 1.86 bits per heavy atom. The van der Waals surface area contributed by atoms with Crippen molar-refractivity contribution in [2.75, 3.05) is 19.5 Å². The number of benzene rings is 2. The average molecular weight is 393 g/mol. The van der Waals surface area contributed by atoms with E-state index in [1.807, 2.05) is 37.4 Å². The highest BCUT2D eigenvalue weighted by atomic mass is 32.1. The van der Waals surface area contributed by atoms with Gasteiger partial charge < -0.3 is 14.8 Å². The Morgan fingerprint density at radius 3 is 2.54 bits per heavy atom. The number of carbonyl (C=O) groups is 1. The molecular weight excluding hydrogens is 374 g/mol. The fourth-order valence-corrected chi connectivity index (χ4v) is 3.78. The fraction of sp³-hybridized carbons (Fsp3) is 0.143. The highest BCUT2D eigenvalue weighted by molar-refractivity contribution is 7.15. The van der Waals surface area contributed by atoms with E-state index in [1.54, 1.807) is 43.8 Å². The van der Waals surface area contributed by atoms with Crippen molar-refractivity contribution in [2.45, 2.75) is 6.92 Å². The number of hydrogen-bond donors (Lipinski definition) is 1. The second-order valence-electron chi connectivity index (χ2n) is 6.29. The zero-order valence-corrected chi connectivity index (χ0v) is 16.5. The molecule has 0 unspecified atom stereocenters. The minimum atomic E-state index is -0.240. The summed E-state index contributed by atoms with van der Waals surface area (Å²) in [6.07, 6.45) is 2.01. The Labute approximate surface area is 166 Å². The number of thiazole rings is 1. The molecule has 1 N–H and O–H groups in total. The molecular formula is C21H19N3O3S. The van der Waals surface area contributed by atoms with E-state index in [0.29, 0.717) is 22.7 Å². The van der Waals surface area contributed by atoms with Crippen LogP contribution in [0.15, 0.2) is 54.0 Å². The number of carbonyl (C=O) groups excluding carboxylic acids is 1. The van der Waals surface area contributed by atoms with Gasteiger partial charge in [0, 0.05) is 40.2 Å². The lowest BCUT2D eigenvalue weighted by Gasteiger charge is -2.10. The topological polar surface area (TPSA) is 64.9 Å². The van der Waals surface area contributed by atoms with Gasteiger partial charge in [-0.2, -0.15) is 0 Å². The molecule has 2 heterocycles. The van der Waals surface area contributed by atoms with Crippen molar-refractivity contribution < 1.29 is 14.3 Å². The molecule has 4 aromatic rings. The first kappa shape index (κ1) is 18.1. The molecule has 0 saturated heterocycles. The predicted octanol–water partition coefficient (Wildman–Crippen LogP) is 4.64. The van der Waals surface area contributed by atoms with Gasteiger partial charge in [-0.15, -0.1) is 11.3 Å². The van der Waals surface area contributed by atoms with Crippen molar-refractivity contribution in [1.29, 1.82) is 0 Å². The summed E-state index contributed by atoms with van der Waals surface area (Å²) in [5.41, 5.74) is 4.11. The summed E-state index contributed by atoms with van der Waals surface area (Å²) in [7, 11) is 3.11. The Bertz CT molecular complexity index is 1140. The van der Waals surface area contributed by atoms with Crippen LogP contribution in [-0.2, 0) is 0 Å². The first-order chi connectivity index (χ1) is 13.6. The third-order valence-electron chi connectivity index (χ3n) is 4.42. The van der Waals surface area contributed by atoms with Gasteiger partial charge in [-0.1, -0.05) is 12.1 Å². The largest absolute Gasteiger partial charge is 0.497 e. The molecule has 0 aliphatic rings. The van der Waals surface area contributed by atoms with Crippen LogP contribution in [-0.4, -0.2) is 29.5 Å². The molecule has 28 heavy (non-hydrogen) atoms. The monoisotopic (exact) mass is 393 g/mol. The average Bonchev–Trinajstić information content (AvgIpc) is 3.30. The van der Waals surface area contributed by atoms with Crippen LogP contribution in [0.2, 0.25) is 0 Å². The van der Waals surface area contributed by atoms with Crippen LogP contribution in [0, 0.1) is 6.92 Å². The number of nitrogens with zero attached hydrogens (tertiary/aromatic N) is 2. The van der Waals surface area contributed by atoms with E-state index in [0.717, 1.165) is 21.9 Å². The summed E-state index contributed by atoms with van der Waals surface area (Å²) < 4.78 is 12.5. The van der Waals surface area contributed by atoms with Gasteiger partial charge >= 0.3 is 0 Å². The molecule has 0 bridgehead atoms. The minimum absolute atomic E-state index is 0.240. The molecule has 7 heteroatoms. The zero-order chi connectivity index (χ0) is 19.7. The summed E-state index contributed by atoms with van der Waals surface area (Å²) >= 11 is 1.61. The maximum absolute atomic E-state index is 12.7. The number of aryl methyl sites for hydroxylation is 1. The van der Waals surface area contributed by atoms with E-state index < -0.39 is 0 Å². The van der Waals surface area contributed by atoms with Crippen LogP contribution >= 0.6 is 11.3 Å². The van der Waals surface area contributed by atoms with E-state index in [2.05, 4.69) is 20.1 Å². The zero-order valence-electron chi connectivity index (χ0n) is 15.7. The number of imidazole rings is 1. The number of ether oxygens (including phenoxy) is 2. The summed E-state index contributed by atoms with van der Waals surface area (Å²) in [5, 5.41) is 5.00. The molecule has 0 saturated carbocycles. The summed E-state index contributed by atoms with van der Waals surface area (Å²) in [6, 6.07) is 12.7. The van der Waals surface area contributed by atoms with E-state index in [-0.39, 0.29) is 5.91 Å². The maximum Gasteiger partial charge on any atom is 0.255 e. The van der Waals surface area contributed by atoms with E-state index in [1.165, 1.54) is 0 Å². The normalized spacial score (nSPS) is 10.8. The van der Waals surface area contributed by atoms with Crippen molar-refractivity contribution in [3.05, 3.63) is 65.3 Å². The molecule has 2 aromatic heterocycles. The molecule has 6 nitrogen and oxygen atoms in total. The highest BCUT2D eigenvalue weighted by Crippen LogP contribution is 2.27. The van der Waals surface area contributed by atoms with Crippen molar-refractivity contribution in [3.8, 4) is 22.8 Å². The quantitative estimate of drug-likeness (QED) is 0.536. The summed E-state index contributed by atoms with van der Waals surface area (Å²) in [6.45, 7) is 2.05. The van der Waals surface area contributed by atoms with E-state index >= 15 is 0 Å². The van der Waals surface area contributed by atoms with E-state index in [4.69, 9.17) is 9.47 Å². The van der Waals surface area contributed by atoms with Gasteiger partial charge in [0.1, 0.15) is 11.5 Å². The van der Waals surface area contributed by atoms with E-state index in [9.17, 15) is 4.79 Å². The molecule has 0 aliphatic carbocycles. The molecule has 2 aromatic carbocycles. The number of anilines is 1. The number of nitrogens with one attached hydrogen (secondary N) is 1. The summed E-state index contributed by atoms with van der Waals surface area (Å²) in [4.78, 5) is 18.3. The lowest BCUT2D eigenvalue weighted by atomic mass is 10.1. The lowest BCUT2D eigenvalue weighted by molar-refractivity contribution is 0.102. The smallest absolute Gasteiger partial charge is 0.255 e. The Morgan fingerprint density at radius 1 is 1.11 bits per heavy atom. The number of methoxy groups -OCH3 is 2. The van der Waals surface area contributed by atoms with Gasteiger partial charge in [0.25, 0.3) is 5.91 Å². The Hall–Kier alpha value is -3.32. The summed E-state index contributed by atoms with van der Waals surface area (Å²) in [5.74, 6) is 0.884. The molecule has 1 amide bonds. The minimum Gasteiger partial charge on any atom is -0.497 e. The number of amides is 1. The second kappa shape index (κ2) is 7.36. The van der Waals surface area contributed by atoms with Crippen LogP contribution in [0.3, 0.4) is 0 Å². The molecule has 0 atom stereocenters. The third-order valence-corrected chi connectivity index (χ3v) is 5.38. The van der Waals surface area contributed by atoms with Crippen molar-refractivity contribution in [2.24, 2.45) is 0 Å². The van der Waals surface area contributed by atoms with Crippen molar-refractivity contribution in [1.82, 2.24) is 9.38 Å². The Balaban J connectivity index is 1.60. The van der Waals surface area contributed by atoms with Crippen LogP contribution in [0.5, 0.6) is 11.5 Å². The predicted molar refractivity (Wildman–Crippen MR) is 111 cm³/mol. The van der Waals surface area contributed by atoms with Crippen LogP contribution in [0.4, 0.5) is 5.69 Å². The van der Waals surface area contributed by atoms with Crippen LogP contribution < -0.4 is 14.8 Å². The highest BCUT2D eigenvalue weighted by Gasteiger charge is 2.12. The van der Waals surface area contributed by atoms with Crippen molar-refractivity contribution in [3.63, 3.8) is 0 Å². The molecule has 142 valence electrons. The fourth-order valence-electron chi connectivity index (χ4n) is 2.93. The van der Waals surface area contributed by atoms with Gasteiger partial charge in [-0.3, -0.25) is 9.20 Å². The molecule has 0 fully saturated rings. The SMILES string of the molecule is COc1cc(OC)cc(C(=O)Nc2cccc(-c3cn4c(C)csc4n3)c2)c1. The number of hydrogen-bond acceptors (Lipinski definition) is 5. The Kier molecular flexibility index (Phi) is 4.75. The lowest BCUT2D eigenvalue weighted by Crippen LogP contribution is -2.12. The van der Waals surface area contributed by atoms with Crippen LogP contribution in [0.1, 0.15) is 16.1 Å².